The zero-order chi connectivity index (χ0) is 22.4. The number of ether oxygens (including phenoxy) is 3. The molecule has 1 aliphatic rings. The normalized spacial score (nSPS) is 13.3. The van der Waals surface area contributed by atoms with E-state index in [0.29, 0.717) is 30.3 Å². The average molecular weight is 427 g/mol. The quantitative estimate of drug-likeness (QED) is 0.636. The number of hydrogen-bond donors (Lipinski definition) is 1. The van der Waals surface area contributed by atoms with Crippen molar-refractivity contribution in [3.8, 4) is 11.5 Å². The highest BCUT2D eigenvalue weighted by atomic mass is 16.6. The molecule has 1 N–H and O–H groups in total. The summed E-state index contributed by atoms with van der Waals surface area (Å²) < 4.78 is 16.7. The maximum Gasteiger partial charge on any atom is 0.412 e. The molecule has 0 aromatic heterocycles. The Kier molecular flexibility index (Phi) is 7.05. The third-order valence-electron chi connectivity index (χ3n) is 4.67. The SMILES string of the molecule is Cc1ccccc1OCCCCN1C(=O)COc2ccc(NC(=O)OC(C)(C)C)cc21. The van der Waals surface area contributed by atoms with Crippen LogP contribution in [0.1, 0.15) is 39.2 Å². The summed E-state index contributed by atoms with van der Waals surface area (Å²) in [5.74, 6) is 1.39. The summed E-state index contributed by atoms with van der Waals surface area (Å²) >= 11 is 0. The molecule has 0 saturated carbocycles. The van der Waals surface area contributed by atoms with E-state index in [9.17, 15) is 9.59 Å². The van der Waals surface area contributed by atoms with Gasteiger partial charge in [-0.05, 0) is 70.4 Å². The summed E-state index contributed by atoms with van der Waals surface area (Å²) in [6, 6.07) is 13.1. The van der Waals surface area contributed by atoms with E-state index in [1.807, 2.05) is 31.2 Å². The van der Waals surface area contributed by atoms with Gasteiger partial charge in [-0.15, -0.1) is 0 Å². The van der Waals surface area contributed by atoms with Crippen molar-refractivity contribution in [1.29, 1.82) is 0 Å². The van der Waals surface area contributed by atoms with E-state index in [0.717, 1.165) is 24.2 Å². The van der Waals surface area contributed by atoms with Crippen LogP contribution in [0.15, 0.2) is 42.5 Å². The van der Waals surface area contributed by atoms with Crippen LogP contribution in [0.2, 0.25) is 0 Å². The van der Waals surface area contributed by atoms with Gasteiger partial charge in [0.1, 0.15) is 17.1 Å². The molecule has 31 heavy (non-hydrogen) atoms. The van der Waals surface area contributed by atoms with E-state index >= 15 is 0 Å². The van der Waals surface area contributed by atoms with E-state index in [4.69, 9.17) is 14.2 Å². The van der Waals surface area contributed by atoms with Crippen LogP contribution in [0.5, 0.6) is 11.5 Å². The second kappa shape index (κ2) is 9.73. The number of anilines is 2. The van der Waals surface area contributed by atoms with Crippen LogP contribution in [0.4, 0.5) is 16.2 Å². The Morgan fingerprint density at radius 3 is 2.68 bits per heavy atom. The van der Waals surface area contributed by atoms with Gasteiger partial charge in [0.15, 0.2) is 6.61 Å². The van der Waals surface area contributed by atoms with Crippen LogP contribution >= 0.6 is 0 Å². The molecule has 0 fully saturated rings. The molecule has 2 aromatic carbocycles. The van der Waals surface area contributed by atoms with Crippen LogP contribution in [-0.2, 0) is 9.53 Å². The van der Waals surface area contributed by atoms with Crippen molar-refractivity contribution in [3.05, 3.63) is 48.0 Å². The molecule has 0 saturated heterocycles. The van der Waals surface area contributed by atoms with Gasteiger partial charge in [0.2, 0.25) is 0 Å². The molecule has 0 bridgehead atoms. The molecule has 0 spiro atoms. The van der Waals surface area contributed by atoms with Crippen LogP contribution in [0.3, 0.4) is 0 Å². The second-order valence-electron chi connectivity index (χ2n) is 8.46. The molecule has 2 aromatic rings. The number of carbonyl (C=O) groups excluding carboxylic acids is 2. The highest BCUT2D eigenvalue weighted by molar-refractivity contribution is 5.99. The number of benzene rings is 2. The van der Waals surface area contributed by atoms with Crippen molar-refractivity contribution >= 4 is 23.4 Å². The Balaban J connectivity index is 1.58. The summed E-state index contributed by atoms with van der Waals surface area (Å²) in [7, 11) is 0. The molecule has 2 amide bonds. The highest BCUT2D eigenvalue weighted by Gasteiger charge is 2.26. The zero-order valence-electron chi connectivity index (χ0n) is 18.6. The monoisotopic (exact) mass is 426 g/mol. The fourth-order valence-electron chi connectivity index (χ4n) is 3.22. The predicted molar refractivity (Wildman–Crippen MR) is 120 cm³/mol. The number of fused-ring (bicyclic) bond motifs is 1. The fourth-order valence-corrected chi connectivity index (χ4v) is 3.22. The molecule has 166 valence electrons. The number of hydrogen-bond acceptors (Lipinski definition) is 5. The Hall–Kier alpha value is -3.22. The van der Waals surface area contributed by atoms with E-state index in [-0.39, 0.29) is 12.5 Å². The largest absolute Gasteiger partial charge is 0.493 e. The molecular weight excluding hydrogens is 396 g/mol. The van der Waals surface area contributed by atoms with Crippen molar-refractivity contribution in [2.75, 3.05) is 30.0 Å². The number of nitrogens with one attached hydrogen (secondary N) is 1. The Labute approximate surface area is 183 Å². The lowest BCUT2D eigenvalue weighted by molar-refractivity contribution is -0.121. The number of carbonyl (C=O) groups is 2. The van der Waals surface area contributed by atoms with Crippen LogP contribution < -0.4 is 19.7 Å². The van der Waals surface area contributed by atoms with Crippen molar-refractivity contribution in [3.63, 3.8) is 0 Å². The molecule has 1 aliphatic heterocycles. The van der Waals surface area contributed by atoms with Crippen molar-refractivity contribution in [2.45, 2.75) is 46.1 Å². The van der Waals surface area contributed by atoms with E-state index < -0.39 is 11.7 Å². The topological polar surface area (TPSA) is 77.1 Å². The van der Waals surface area contributed by atoms with Crippen molar-refractivity contribution in [1.82, 2.24) is 0 Å². The Morgan fingerprint density at radius 2 is 1.94 bits per heavy atom. The van der Waals surface area contributed by atoms with Gasteiger partial charge in [-0.25, -0.2) is 4.79 Å². The lowest BCUT2D eigenvalue weighted by atomic mass is 10.2. The number of unbranched alkanes of at least 4 members (excludes halogenated alkanes) is 1. The van der Waals surface area contributed by atoms with Gasteiger partial charge in [0.05, 0.1) is 12.3 Å². The number of aryl methyl sites for hydroxylation is 1. The molecule has 0 aliphatic carbocycles. The van der Waals surface area contributed by atoms with Gasteiger partial charge < -0.3 is 19.1 Å². The molecule has 7 heteroatoms. The molecule has 0 unspecified atom stereocenters. The first-order valence-corrected chi connectivity index (χ1v) is 10.5. The summed E-state index contributed by atoms with van der Waals surface area (Å²) in [6.45, 7) is 8.55. The maximum absolute atomic E-state index is 12.5. The van der Waals surface area contributed by atoms with Gasteiger partial charge in [-0.1, -0.05) is 18.2 Å². The molecule has 7 nitrogen and oxygen atoms in total. The fraction of sp³-hybridized carbons (Fsp3) is 0.417. The molecule has 0 radical (unpaired) electrons. The molecular formula is C24H30N2O5. The molecule has 0 atom stereocenters. The van der Waals surface area contributed by atoms with Crippen LogP contribution in [-0.4, -0.2) is 37.4 Å². The first-order chi connectivity index (χ1) is 14.7. The average Bonchev–Trinajstić information content (AvgIpc) is 2.69. The summed E-state index contributed by atoms with van der Waals surface area (Å²) in [6.07, 6.45) is 1.04. The van der Waals surface area contributed by atoms with E-state index in [1.54, 1.807) is 43.9 Å². The van der Waals surface area contributed by atoms with Gasteiger partial charge >= 0.3 is 6.09 Å². The molecule has 3 rings (SSSR count). The summed E-state index contributed by atoms with van der Waals surface area (Å²) in [4.78, 5) is 26.2. The Bertz CT molecular complexity index is 936. The van der Waals surface area contributed by atoms with Crippen molar-refractivity contribution < 1.29 is 23.8 Å². The minimum Gasteiger partial charge on any atom is -0.493 e. The predicted octanol–water partition coefficient (Wildman–Crippen LogP) is 4.93. The lowest BCUT2D eigenvalue weighted by Crippen LogP contribution is -2.39. The van der Waals surface area contributed by atoms with E-state index in [1.165, 1.54) is 0 Å². The first kappa shape index (κ1) is 22.5. The third kappa shape index (κ3) is 6.38. The highest BCUT2D eigenvalue weighted by Crippen LogP contribution is 2.35. The number of amides is 2. The lowest BCUT2D eigenvalue weighted by Gasteiger charge is -2.30. The third-order valence-corrected chi connectivity index (χ3v) is 4.67. The standard InChI is InChI=1S/C24H30N2O5/c1-17-9-5-6-10-20(17)29-14-8-7-13-26-19-15-18(25-23(28)31-24(2,3)4)11-12-21(19)30-16-22(26)27/h5-6,9-12,15H,7-8,13-14,16H2,1-4H3,(H,25,28). The number of para-hydroxylation sites is 1. The first-order valence-electron chi connectivity index (χ1n) is 10.5. The number of rotatable bonds is 7. The van der Waals surface area contributed by atoms with Gasteiger partial charge in [-0.2, -0.15) is 0 Å². The second-order valence-corrected chi connectivity index (χ2v) is 8.46. The van der Waals surface area contributed by atoms with Gasteiger partial charge in [-0.3, -0.25) is 10.1 Å². The summed E-state index contributed by atoms with van der Waals surface area (Å²) in [5.41, 5.74) is 1.69. The minimum atomic E-state index is -0.593. The van der Waals surface area contributed by atoms with Gasteiger partial charge in [0.25, 0.3) is 5.91 Å². The summed E-state index contributed by atoms with van der Waals surface area (Å²) in [5, 5.41) is 2.71. The zero-order valence-corrected chi connectivity index (χ0v) is 18.6. The maximum atomic E-state index is 12.5. The number of nitrogens with zero attached hydrogens (tertiary/aromatic N) is 1. The van der Waals surface area contributed by atoms with Crippen molar-refractivity contribution in [2.24, 2.45) is 0 Å². The minimum absolute atomic E-state index is 0.00551. The van der Waals surface area contributed by atoms with Crippen LogP contribution in [0.25, 0.3) is 0 Å². The Morgan fingerprint density at radius 1 is 1.16 bits per heavy atom. The van der Waals surface area contributed by atoms with E-state index in [2.05, 4.69) is 5.32 Å². The van der Waals surface area contributed by atoms with Crippen LogP contribution in [0, 0.1) is 6.92 Å². The van der Waals surface area contributed by atoms with Gasteiger partial charge in [0, 0.05) is 12.2 Å². The smallest absolute Gasteiger partial charge is 0.412 e. The molecule has 1 heterocycles.